The van der Waals surface area contributed by atoms with Gasteiger partial charge in [-0.3, -0.25) is 9.36 Å². The van der Waals surface area contributed by atoms with Gasteiger partial charge in [-0.25, -0.2) is 24.4 Å². The van der Waals surface area contributed by atoms with Gasteiger partial charge in [0, 0.05) is 23.5 Å². The molecule has 0 radical (unpaired) electrons. The molecule has 4 heterocycles. The number of aliphatic hydroxyl groups excluding tert-OH is 2. The standard InChI is InChI=1S/C21H25N8O6PS/c22-18-15-20(26-8-25-18)29(9-27-15)21-17(31)16(30)14(35-21)7-34-36(33,37)28-13(19(23)32)5-10-6-24-12-4-2-1-3-11(10)12/h1-4,6,8-9,13-14,16-17,21,24,30-31H,5,7H2,(H2,23,32)(H2,22,25,26)(H2,28,33,37)/t13-,14+,16+,17+,21+,36?/m0/s1. The lowest BCUT2D eigenvalue weighted by atomic mass is 10.1. The average Bonchev–Trinajstić information content (AvgIpc) is 3.55. The molecule has 3 aromatic heterocycles. The van der Waals surface area contributed by atoms with E-state index in [9.17, 15) is 19.9 Å². The molecule has 0 bridgehead atoms. The molecule has 5 rings (SSSR count). The van der Waals surface area contributed by atoms with E-state index >= 15 is 0 Å². The van der Waals surface area contributed by atoms with E-state index in [1.165, 1.54) is 17.2 Å². The largest absolute Gasteiger partial charge is 0.473 e. The number of aromatic nitrogens is 5. The van der Waals surface area contributed by atoms with Crippen molar-refractivity contribution in [3.8, 4) is 0 Å². The number of rotatable bonds is 9. The molecule has 1 amide bonds. The lowest BCUT2D eigenvalue weighted by Crippen LogP contribution is -2.43. The maximum absolute atomic E-state index is 12.1. The smallest absolute Gasteiger partial charge is 0.238 e. The summed E-state index contributed by atoms with van der Waals surface area (Å²) in [5, 5.41) is 24.7. The van der Waals surface area contributed by atoms with Crippen molar-refractivity contribution in [3.05, 3.63) is 48.7 Å². The number of anilines is 1. The summed E-state index contributed by atoms with van der Waals surface area (Å²) < 4.78 is 12.7. The van der Waals surface area contributed by atoms with Crippen LogP contribution in [0.25, 0.3) is 22.1 Å². The van der Waals surface area contributed by atoms with Crippen molar-refractivity contribution in [2.75, 3.05) is 12.3 Å². The number of fused-ring (bicyclic) bond motifs is 2. The van der Waals surface area contributed by atoms with Crippen molar-refractivity contribution in [2.24, 2.45) is 5.73 Å². The van der Waals surface area contributed by atoms with Crippen molar-refractivity contribution >= 4 is 53.1 Å². The SMILES string of the molecule is NC(=O)[C@H](Cc1c[nH]c2ccccc12)N[P+](O)([S-])OC[C@H]1O[C@@H](n2cnc3c(N)ncnc32)[C@H](O)[C@@H]1O. The molecular weight excluding hydrogens is 523 g/mol. The number of ether oxygens (including phenoxy) is 1. The second-order valence-electron chi connectivity index (χ2n) is 8.59. The number of aromatic amines is 1. The van der Waals surface area contributed by atoms with Crippen molar-refractivity contribution in [2.45, 2.75) is 37.0 Å². The first kappa shape index (κ1) is 25.8. The minimum atomic E-state index is -3.76. The Bertz CT molecular complexity index is 1430. The molecule has 37 heavy (non-hydrogen) atoms. The van der Waals surface area contributed by atoms with Crippen molar-refractivity contribution < 1.29 is 29.2 Å². The Hall–Kier alpha value is -2.88. The van der Waals surface area contributed by atoms with Crippen LogP contribution in [0.5, 0.6) is 0 Å². The first-order chi connectivity index (χ1) is 17.6. The van der Waals surface area contributed by atoms with Crippen LogP contribution in [0.4, 0.5) is 5.82 Å². The van der Waals surface area contributed by atoms with Gasteiger partial charge in [-0.1, -0.05) is 18.2 Å². The number of nitrogens with zero attached hydrogens (tertiary/aromatic N) is 4. The highest BCUT2D eigenvalue weighted by atomic mass is 32.7. The zero-order valence-electron chi connectivity index (χ0n) is 19.2. The van der Waals surface area contributed by atoms with Gasteiger partial charge in [-0.15, -0.1) is 5.09 Å². The summed E-state index contributed by atoms with van der Waals surface area (Å²) in [6.07, 6.45) is -0.355. The van der Waals surface area contributed by atoms with Gasteiger partial charge in [0.15, 0.2) is 17.7 Å². The van der Waals surface area contributed by atoms with Crippen LogP contribution in [0, 0.1) is 0 Å². The average molecular weight is 549 g/mol. The molecule has 0 saturated carbocycles. The molecule has 0 aliphatic carbocycles. The topological polar surface area (TPSA) is 220 Å². The molecule has 1 fully saturated rings. The number of carbonyl (C=O) groups is 1. The number of nitrogen functional groups attached to an aromatic ring is 1. The van der Waals surface area contributed by atoms with Gasteiger partial charge in [-0.05, 0) is 11.6 Å². The molecule has 1 aliphatic rings. The third-order valence-electron chi connectivity index (χ3n) is 6.17. The summed E-state index contributed by atoms with van der Waals surface area (Å²) in [7, 11) is -3.76. The van der Waals surface area contributed by atoms with Gasteiger partial charge >= 0.3 is 0 Å². The Morgan fingerprint density at radius 2 is 2.08 bits per heavy atom. The minimum Gasteiger partial charge on any atom is -0.473 e. The van der Waals surface area contributed by atoms with Crippen LogP contribution in [0.2, 0.25) is 0 Å². The van der Waals surface area contributed by atoms with E-state index in [0.29, 0.717) is 11.2 Å². The third-order valence-corrected chi connectivity index (χ3v) is 7.94. The molecule has 1 aromatic carbocycles. The van der Waals surface area contributed by atoms with Crippen LogP contribution in [0.15, 0.2) is 43.1 Å². The fourth-order valence-corrected chi connectivity index (χ4v) is 5.89. The number of H-pyrrole nitrogens is 1. The van der Waals surface area contributed by atoms with E-state index in [1.54, 1.807) is 6.20 Å². The van der Waals surface area contributed by atoms with Crippen molar-refractivity contribution in [1.82, 2.24) is 29.6 Å². The number of benzene rings is 1. The number of nitrogens with one attached hydrogen (secondary N) is 2. The van der Waals surface area contributed by atoms with Crippen LogP contribution >= 0.6 is 7.07 Å². The Morgan fingerprint density at radius 1 is 1.30 bits per heavy atom. The molecule has 6 atom stereocenters. The summed E-state index contributed by atoms with van der Waals surface area (Å²) in [5.74, 6) is -0.571. The Balaban J connectivity index is 1.25. The second-order valence-corrected chi connectivity index (χ2v) is 11.6. The van der Waals surface area contributed by atoms with Crippen LogP contribution in [-0.4, -0.2) is 76.5 Å². The zero-order chi connectivity index (χ0) is 26.3. The molecule has 4 aromatic rings. The number of para-hydroxylation sites is 1. The molecule has 14 nitrogen and oxygen atoms in total. The fraction of sp³-hybridized carbons (Fsp3) is 0.333. The van der Waals surface area contributed by atoms with Gasteiger partial charge in [0.25, 0.3) is 0 Å². The monoisotopic (exact) mass is 548 g/mol. The van der Waals surface area contributed by atoms with Gasteiger partial charge in [0.1, 0.15) is 42.8 Å². The predicted octanol–water partition coefficient (Wildman–Crippen LogP) is -0.571. The normalized spacial score (nSPS) is 24.4. The Kier molecular flexibility index (Phi) is 7.04. The fourth-order valence-electron chi connectivity index (χ4n) is 4.29. The molecule has 0 spiro atoms. The Labute approximate surface area is 215 Å². The summed E-state index contributed by atoms with van der Waals surface area (Å²) in [6, 6.07) is 6.52. The maximum Gasteiger partial charge on any atom is 0.238 e. The highest BCUT2D eigenvalue weighted by Crippen LogP contribution is 2.50. The van der Waals surface area contributed by atoms with E-state index in [1.807, 2.05) is 24.3 Å². The van der Waals surface area contributed by atoms with Crippen LogP contribution in [0.3, 0.4) is 0 Å². The molecule has 1 saturated heterocycles. The van der Waals surface area contributed by atoms with E-state index in [4.69, 9.17) is 33.0 Å². The first-order valence-electron chi connectivity index (χ1n) is 11.2. The molecule has 9 N–H and O–H groups in total. The molecule has 196 valence electrons. The van der Waals surface area contributed by atoms with Gasteiger partial charge in [0.2, 0.25) is 13.0 Å². The lowest BCUT2D eigenvalue weighted by molar-refractivity contribution is -0.119. The van der Waals surface area contributed by atoms with E-state index in [2.05, 4.69) is 25.0 Å². The number of amides is 1. The van der Waals surface area contributed by atoms with E-state index < -0.39 is 43.6 Å². The van der Waals surface area contributed by atoms with E-state index in [0.717, 1.165) is 16.5 Å². The quantitative estimate of drug-likeness (QED) is 0.103. The van der Waals surface area contributed by atoms with Gasteiger partial charge < -0.3 is 43.6 Å². The summed E-state index contributed by atoms with van der Waals surface area (Å²) >= 11 is 5.19. The minimum absolute atomic E-state index is 0.153. The first-order valence-corrected chi connectivity index (χ1v) is 13.9. The highest BCUT2D eigenvalue weighted by molar-refractivity contribution is 8.36. The number of hydrogen-bond donors (Lipinski definition) is 7. The summed E-state index contributed by atoms with van der Waals surface area (Å²) in [5.41, 5.74) is 13.7. The molecule has 1 unspecified atom stereocenters. The van der Waals surface area contributed by atoms with Gasteiger partial charge in [0.05, 0.1) is 6.33 Å². The van der Waals surface area contributed by atoms with Gasteiger partial charge in [-0.2, -0.15) is 0 Å². The van der Waals surface area contributed by atoms with Crippen LogP contribution in [-0.2, 0) is 32.7 Å². The van der Waals surface area contributed by atoms with Crippen molar-refractivity contribution in [3.63, 3.8) is 0 Å². The number of hydrogen-bond acceptors (Lipinski definition) is 12. The second kappa shape index (κ2) is 10.1. The molecular formula is C21H25N8O6PS. The number of imidazole rings is 1. The van der Waals surface area contributed by atoms with E-state index in [-0.39, 0.29) is 18.8 Å². The molecule has 1 aliphatic heterocycles. The van der Waals surface area contributed by atoms with Crippen LogP contribution in [0.1, 0.15) is 11.8 Å². The zero-order valence-corrected chi connectivity index (χ0v) is 20.9. The molecule has 16 heteroatoms. The number of aliphatic hydroxyl groups is 2. The third kappa shape index (κ3) is 5.12. The summed E-state index contributed by atoms with van der Waals surface area (Å²) in [6.45, 7) is -0.377. The van der Waals surface area contributed by atoms with Crippen molar-refractivity contribution in [1.29, 1.82) is 0 Å². The number of carbonyl (C=O) groups excluding carboxylic acids is 1. The summed E-state index contributed by atoms with van der Waals surface area (Å²) in [4.78, 5) is 38.1. The van der Waals surface area contributed by atoms with Crippen LogP contribution < -0.4 is 16.6 Å². The maximum atomic E-state index is 12.1. The highest BCUT2D eigenvalue weighted by Gasteiger charge is 2.46. The predicted molar refractivity (Wildman–Crippen MR) is 136 cm³/mol. The number of nitrogens with two attached hydrogens (primary N) is 2. The lowest BCUT2D eigenvalue weighted by Gasteiger charge is -2.28. The number of primary amides is 1. The Morgan fingerprint density at radius 3 is 2.86 bits per heavy atom.